The van der Waals surface area contributed by atoms with Crippen LogP contribution >= 0.6 is 0 Å². The maximum atomic E-state index is 11.5. The average Bonchev–Trinajstić information content (AvgIpc) is 2.99. The van der Waals surface area contributed by atoms with Crippen molar-refractivity contribution >= 4 is 11.7 Å². The van der Waals surface area contributed by atoms with Gasteiger partial charge in [-0.15, -0.1) is 0 Å². The second-order valence-corrected chi connectivity index (χ2v) is 5.95. The Balaban J connectivity index is 2.32. The lowest BCUT2D eigenvalue weighted by Gasteiger charge is -2.20. The molecule has 0 bridgehead atoms. The number of carbonyl (C=O) groups is 1. The highest BCUT2D eigenvalue weighted by Crippen LogP contribution is 2.32. The fraction of sp³-hybridized carbons (Fsp3) is 0.875. The molecule has 0 aromatic heterocycles. The van der Waals surface area contributed by atoms with Gasteiger partial charge in [0.2, 0.25) is 6.04 Å². The van der Waals surface area contributed by atoms with Crippen LogP contribution in [-0.2, 0) is 4.79 Å². The van der Waals surface area contributed by atoms with Gasteiger partial charge < -0.3 is 5.11 Å². The first-order chi connectivity index (χ1) is 10.1. The molecule has 5 heteroatoms. The Morgan fingerprint density at radius 2 is 1.57 bits per heavy atom. The molecule has 1 saturated heterocycles. The molecule has 1 N–H and O–H groups in total. The van der Waals surface area contributed by atoms with E-state index in [-0.39, 0.29) is 6.04 Å². The molecule has 0 aromatic rings. The van der Waals surface area contributed by atoms with Gasteiger partial charge in [-0.1, -0.05) is 27.7 Å². The lowest BCUT2D eigenvalue weighted by atomic mass is 10.2. The van der Waals surface area contributed by atoms with Crippen LogP contribution in [0, 0.1) is 0 Å². The molecular weight excluding hydrogens is 266 g/mol. The quantitative estimate of drug-likeness (QED) is 0.715. The first-order valence-electron chi connectivity index (χ1n) is 8.44. The van der Waals surface area contributed by atoms with Gasteiger partial charge in [-0.25, -0.2) is 9.37 Å². The van der Waals surface area contributed by atoms with Crippen LogP contribution in [-0.4, -0.2) is 82.0 Å². The molecule has 1 saturated carbocycles. The van der Waals surface area contributed by atoms with E-state index in [0.29, 0.717) is 12.1 Å². The third-order valence-corrected chi connectivity index (χ3v) is 5.08. The zero-order chi connectivity index (χ0) is 15.6. The second kappa shape index (κ2) is 6.88. The second-order valence-electron chi connectivity index (χ2n) is 5.95. The summed E-state index contributed by atoms with van der Waals surface area (Å²) in [5.41, 5.74) is 1.35. The van der Waals surface area contributed by atoms with Crippen molar-refractivity contribution in [2.45, 2.75) is 58.7 Å². The Labute approximate surface area is 128 Å². The van der Waals surface area contributed by atoms with E-state index in [9.17, 15) is 9.90 Å². The van der Waals surface area contributed by atoms with Gasteiger partial charge in [-0.3, -0.25) is 9.80 Å². The summed E-state index contributed by atoms with van der Waals surface area (Å²) < 4.78 is 2.19. The summed E-state index contributed by atoms with van der Waals surface area (Å²) in [5, 5.41) is 9.46. The van der Waals surface area contributed by atoms with Gasteiger partial charge in [-0.2, -0.15) is 0 Å². The molecule has 2 fully saturated rings. The van der Waals surface area contributed by atoms with Gasteiger partial charge in [0.15, 0.2) is 5.71 Å². The summed E-state index contributed by atoms with van der Waals surface area (Å²) in [6.07, 6.45) is 1.78. The van der Waals surface area contributed by atoms with Crippen molar-refractivity contribution in [1.29, 1.82) is 0 Å². The number of nitrogens with zero attached hydrogens (tertiary/aromatic N) is 3. The molecule has 5 nitrogen and oxygen atoms in total. The number of hydrogen-bond donors (Lipinski definition) is 1. The highest BCUT2D eigenvalue weighted by molar-refractivity contribution is 6.08. The van der Waals surface area contributed by atoms with Gasteiger partial charge >= 0.3 is 5.97 Å². The van der Waals surface area contributed by atoms with E-state index in [1.54, 1.807) is 0 Å². The Morgan fingerprint density at radius 1 is 1.10 bits per heavy atom. The smallest absolute Gasteiger partial charge is 0.372 e. The van der Waals surface area contributed by atoms with Gasteiger partial charge in [-0.05, 0) is 26.2 Å². The molecule has 3 atom stereocenters. The molecule has 120 valence electrons. The molecule has 2 unspecified atom stereocenters. The Morgan fingerprint density at radius 3 is 1.95 bits per heavy atom. The zero-order valence-electron chi connectivity index (χ0n) is 13.9. The summed E-state index contributed by atoms with van der Waals surface area (Å²) in [6.45, 7) is 13.8. The lowest BCUT2D eigenvalue weighted by Crippen LogP contribution is -2.34. The average molecular weight is 296 g/mol. The number of hydrogen-bond acceptors (Lipinski definition) is 3. The highest BCUT2D eigenvalue weighted by atomic mass is 16.4. The minimum Gasteiger partial charge on any atom is -0.476 e. The van der Waals surface area contributed by atoms with Gasteiger partial charge in [0, 0.05) is 12.8 Å². The van der Waals surface area contributed by atoms with Crippen LogP contribution in [0.3, 0.4) is 0 Å². The summed E-state index contributed by atoms with van der Waals surface area (Å²) >= 11 is 0. The Bertz CT molecular complexity index is 394. The third kappa shape index (κ3) is 2.99. The maximum absolute atomic E-state index is 11.5. The molecule has 1 aliphatic carbocycles. The van der Waals surface area contributed by atoms with Crippen molar-refractivity contribution < 1.29 is 14.5 Å². The largest absolute Gasteiger partial charge is 0.476 e. The number of aliphatic carboxylic acids is 1. The molecule has 21 heavy (non-hydrogen) atoms. The predicted octanol–water partition coefficient (Wildman–Crippen LogP) is 1.12. The van der Waals surface area contributed by atoms with Crippen molar-refractivity contribution in [2.75, 3.05) is 32.7 Å². The van der Waals surface area contributed by atoms with Crippen LogP contribution in [0.25, 0.3) is 0 Å². The van der Waals surface area contributed by atoms with E-state index >= 15 is 0 Å². The number of carboxylic acid groups (broad SMARTS) is 1. The van der Waals surface area contributed by atoms with Crippen molar-refractivity contribution in [1.82, 2.24) is 9.80 Å². The Kier molecular flexibility index (Phi) is 5.38. The van der Waals surface area contributed by atoms with E-state index in [4.69, 9.17) is 0 Å². The molecule has 0 spiro atoms. The van der Waals surface area contributed by atoms with Gasteiger partial charge in [0.25, 0.3) is 0 Å². The normalized spacial score (nSPS) is 28.8. The number of rotatable bonds is 7. The number of likely N-dealkylation sites (N-methyl/N-ethyl adjacent to an activating group) is 2. The van der Waals surface area contributed by atoms with Gasteiger partial charge in [0.1, 0.15) is 18.6 Å². The fourth-order valence-electron chi connectivity index (χ4n) is 3.90. The molecule has 1 aliphatic heterocycles. The summed E-state index contributed by atoms with van der Waals surface area (Å²) in [5.74, 6) is -0.663. The molecule has 0 radical (unpaired) electrons. The van der Waals surface area contributed by atoms with Gasteiger partial charge in [0.05, 0.1) is 0 Å². The van der Waals surface area contributed by atoms with E-state index < -0.39 is 5.97 Å². The minimum absolute atomic E-state index is 0.307. The van der Waals surface area contributed by atoms with E-state index in [2.05, 4.69) is 42.1 Å². The monoisotopic (exact) mass is 296 g/mol. The summed E-state index contributed by atoms with van der Waals surface area (Å²) in [7, 11) is 0. The summed E-state index contributed by atoms with van der Waals surface area (Å²) in [4.78, 5) is 16.4. The maximum Gasteiger partial charge on any atom is 0.372 e. The van der Waals surface area contributed by atoms with Crippen LogP contribution < -0.4 is 0 Å². The van der Waals surface area contributed by atoms with Crippen LogP contribution in [0.15, 0.2) is 0 Å². The molecule has 0 amide bonds. The predicted molar refractivity (Wildman–Crippen MR) is 84.2 cm³/mol. The SMILES string of the molecule is CCN(CC)C1C(=[N+]2CCC[C@H]2C(=O)O)C1N(CC)CC. The fourth-order valence-corrected chi connectivity index (χ4v) is 3.90. The zero-order valence-corrected chi connectivity index (χ0v) is 13.9. The van der Waals surface area contributed by atoms with Crippen LogP contribution in [0.1, 0.15) is 40.5 Å². The van der Waals surface area contributed by atoms with Crippen molar-refractivity contribution in [3.8, 4) is 0 Å². The highest BCUT2D eigenvalue weighted by Gasteiger charge is 2.61. The lowest BCUT2D eigenvalue weighted by molar-refractivity contribution is -0.531. The first-order valence-corrected chi connectivity index (χ1v) is 8.44. The molecule has 2 rings (SSSR count). The van der Waals surface area contributed by atoms with Crippen LogP contribution in [0.5, 0.6) is 0 Å². The molecular formula is C16H30N3O2+. The minimum atomic E-state index is -0.663. The topological polar surface area (TPSA) is 46.8 Å². The third-order valence-electron chi connectivity index (χ3n) is 5.08. The molecule has 2 aliphatic rings. The number of carboxylic acids is 1. The molecule has 1 heterocycles. The van der Waals surface area contributed by atoms with Crippen molar-refractivity contribution in [3.05, 3.63) is 0 Å². The van der Waals surface area contributed by atoms with E-state index in [0.717, 1.165) is 45.6 Å². The van der Waals surface area contributed by atoms with Crippen LogP contribution in [0.2, 0.25) is 0 Å². The summed E-state index contributed by atoms with van der Waals surface area (Å²) in [6, 6.07) is 0.526. The van der Waals surface area contributed by atoms with E-state index in [1.807, 2.05) is 0 Å². The van der Waals surface area contributed by atoms with Crippen molar-refractivity contribution in [3.63, 3.8) is 0 Å². The van der Waals surface area contributed by atoms with E-state index in [1.165, 1.54) is 5.71 Å². The Hall–Kier alpha value is -0.940. The van der Waals surface area contributed by atoms with Crippen molar-refractivity contribution in [2.24, 2.45) is 0 Å². The van der Waals surface area contributed by atoms with Crippen LogP contribution in [0.4, 0.5) is 0 Å². The molecule has 0 aromatic carbocycles. The standard InChI is InChI=1S/C16H29N3O2/c1-5-17(6-2)13-14(18(7-3)8-4)15(13)19-11-9-10-12(19)16(20)21/h12-14H,5-11H2,1-4H3/p+1/t12-,13?,14?/m0/s1. The first kappa shape index (κ1) is 16.4.